The molecule has 150 valence electrons. The molecule has 0 spiro atoms. The van der Waals surface area contributed by atoms with Gasteiger partial charge in [-0.3, -0.25) is 4.31 Å². The molecule has 7 heteroatoms. The normalized spacial score (nSPS) is 15.4. The first-order valence-corrected chi connectivity index (χ1v) is 10.9. The lowest BCUT2D eigenvalue weighted by molar-refractivity contribution is 0.475. The van der Waals surface area contributed by atoms with Gasteiger partial charge in [-0.15, -0.1) is 0 Å². The molecule has 2 N–H and O–H groups in total. The molecule has 1 heterocycles. The fraction of sp³-hybridized carbons (Fsp3) is 0.182. The maximum absolute atomic E-state index is 11.9. The number of nitrogens with one attached hydrogen (secondary N) is 1. The molecule has 1 fully saturated rings. The Labute approximate surface area is 170 Å². The second-order valence-corrected chi connectivity index (χ2v) is 8.53. The number of phenolic OH excluding ortho intramolecular Hbond substituents is 1. The fourth-order valence-corrected chi connectivity index (χ4v) is 4.55. The molecule has 3 aromatic carbocycles. The number of anilines is 1. The van der Waals surface area contributed by atoms with Crippen LogP contribution in [0, 0.1) is 0 Å². The topological polar surface area (TPSA) is 78.9 Å². The van der Waals surface area contributed by atoms with Crippen LogP contribution in [0.3, 0.4) is 0 Å². The van der Waals surface area contributed by atoms with Gasteiger partial charge in [-0.05, 0) is 60.4 Å². The van der Waals surface area contributed by atoms with E-state index >= 15 is 0 Å². The van der Waals surface area contributed by atoms with Crippen LogP contribution in [0.25, 0.3) is 0 Å². The van der Waals surface area contributed by atoms with E-state index < -0.39 is 10.2 Å². The summed E-state index contributed by atoms with van der Waals surface area (Å²) in [5.74, 6) is 1.55. The molecule has 0 aliphatic carbocycles. The number of phenols is 1. The lowest BCUT2D eigenvalue weighted by atomic mass is 10.0. The van der Waals surface area contributed by atoms with Gasteiger partial charge >= 0.3 is 10.2 Å². The van der Waals surface area contributed by atoms with Crippen LogP contribution < -0.4 is 13.8 Å². The quantitative estimate of drug-likeness (QED) is 0.651. The molecule has 1 aliphatic heterocycles. The Morgan fingerprint density at radius 2 is 1.55 bits per heavy atom. The predicted octanol–water partition coefficient (Wildman–Crippen LogP) is 3.62. The summed E-state index contributed by atoms with van der Waals surface area (Å²) in [4.78, 5) is 0. The van der Waals surface area contributed by atoms with E-state index in [2.05, 4.69) is 4.72 Å². The van der Waals surface area contributed by atoms with Crippen molar-refractivity contribution in [2.75, 3.05) is 17.4 Å². The van der Waals surface area contributed by atoms with Gasteiger partial charge in [0.1, 0.15) is 17.2 Å². The SMILES string of the molecule is O=S1(=O)NCCN1c1ccc(CCc2ccc(Oc3ccccc3)cc2)cc1O. The van der Waals surface area contributed by atoms with Crippen molar-refractivity contribution in [3.05, 3.63) is 83.9 Å². The first kappa shape index (κ1) is 19.3. The highest BCUT2D eigenvalue weighted by Crippen LogP contribution is 2.31. The van der Waals surface area contributed by atoms with E-state index in [-0.39, 0.29) is 5.75 Å². The smallest absolute Gasteiger partial charge is 0.301 e. The summed E-state index contributed by atoms with van der Waals surface area (Å²) in [7, 11) is -3.55. The highest BCUT2D eigenvalue weighted by Gasteiger charge is 2.29. The molecule has 0 aromatic heterocycles. The minimum atomic E-state index is -3.55. The van der Waals surface area contributed by atoms with Crippen LogP contribution in [0.2, 0.25) is 0 Å². The minimum Gasteiger partial charge on any atom is -0.506 e. The second kappa shape index (κ2) is 8.14. The summed E-state index contributed by atoms with van der Waals surface area (Å²) in [5.41, 5.74) is 2.40. The maximum atomic E-state index is 11.9. The average Bonchev–Trinajstić information content (AvgIpc) is 3.07. The van der Waals surface area contributed by atoms with Gasteiger partial charge in [0.15, 0.2) is 0 Å². The zero-order valence-electron chi connectivity index (χ0n) is 15.8. The number of para-hydroxylation sites is 1. The second-order valence-electron chi connectivity index (χ2n) is 6.85. The molecule has 3 aromatic rings. The van der Waals surface area contributed by atoms with E-state index in [1.807, 2.05) is 60.7 Å². The molecule has 0 unspecified atom stereocenters. The predicted molar refractivity (Wildman–Crippen MR) is 113 cm³/mol. The molecular weight excluding hydrogens is 388 g/mol. The van der Waals surface area contributed by atoms with Crippen molar-refractivity contribution in [1.29, 1.82) is 0 Å². The standard InChI is InChI=1S/C22H22N2O4S/c25-22-16-18(10-13-21(22)24-15-14-23-29(24,26)27)7-6-17-8-11-20(12-9-17)28-19-4-2-1-3-5-19/h1-5,8-13,16,23,25H,6-7,14-15H2. The number of hydrogen-bond donors (Lipinski definition) is 2. The summed E-state index contributed by atoms with van der Waals surface area (Å²) >= 11 is 0. The first-order chi connectivity index (χ1) is 14.0. The third-order valence-electron chi connectivity index (χ3n) is 4.80. The van der Waals surface area contributed by atoms with Gasteiger partial charge in [0.2, 0.25) is 0 Å². The van der Waals surface area contributed by atoms with E-state index in [0.717, 1.165) is 35.5 Å². The lowest BCUT2D eigenvalue weighted by Crippen LogP contribution is -2.29. The van der Waals surface area contributed by atoms with E-state index in [1.165, 1.54) is 4.31 Å². The molecule has 0 bridgehead atoms. The Morgan fingerprint density at radius 3 is 2.21 bits per heavy atom. The van der Waals surface area contributed by atoms with Crippen LogP contribution in [0.15, 0.2) is 72.8 Å². The van der Waals surface area contributed by atoms with Crippen LogP contribution in [-0.2, 0) is 23.1 Å². The Bertz CT molecular complexity index is 1080. The van der Waals surface area contributed by atoms with Crippen molar-refractivity contribution in [3.8, 4) is 17.2 Å². The zero-order chi connectivity index (χ0) is 20.3. The summed E-state index contributed by atoms with van der Waals surface area (Å²) in [5, 5.41) is 10.3. The Balaban J connectivity index is 1.38. The number of benzene rings is 3. The summed E-state index contributed by atoms with van der Waals surface area (Å²) in [6.07, 6.45) is 1.53. The monoisotopic (exact) mass is 410 g/mol. The van der Waals surface area contributed by atoms with Crippen LogP contribution in [-0.4, -0.2) is 26.6 Å². The molecule has 4 rings (SSSR count). The third-order valence-corrected chi connectivity index (χ3v) is 6.33. The van der Waals surface area contributed by atoms with Crippen LogP contribution in [0.4, 0.5) is 5.69 Å². The van der Waals surface area contributed by atoms with Gasteiger partial charge in [-0.25, -0.2) is 0 Å². The third kappa shape index (κ3) is 4.52. The molecule has 6 nitrogen and oxygen atoms in total. The molecule has 0 atom stereocenters. The molecule has 1 saturated heterocycles. The van der Waals surface area contributed by atoms with Crippen molar-refractivity contribution in [2.24, 2.45) is 0 Å². The largest absolute Gasteiger partial charge is 0.506 e. The van der Waals surface area contributed by atoms with Crippen molar-refractivity contribution >= 4 is 15.9 Å². The van der Waals surface area contributed by atoms with Gasteiger partial charge in [-0.2, -0.15) is 13.1 Å². The van der Waals surface area contributed by atoms with Gasteiger partial charge in [0, 0.05) is 13.1 Å². The van der Waals surface area contributed by atoms with Gasteiger partial charge in [0.05, 0.1) is 5.69 Å². The minimum absolute atomic E-state index is 0.0265. The van der Waals surface area contributed by atoms with E-state index in [9.17, 15) is 13.5 Å². The number of aryl methyl sites for hydroxylation is 2. The van der Waals surface area contributed by atoms with Crippen molar-refractivity contribution in [2.45, 2.75) is 12.8 Å². The summed E-state index contributed by atoms with van der Waals surface area (Å²) in [6, 6.07) is 22.7. The van der Waals surface area contributed by atoms with Gasteiger partial charge < -0.3 is 9.84 Å². The Hall–Kier alpha value is -3.03. The highest BCUT2D eigenvalue weighted by molar-refractivity contribution is 7.91. The van der Waals surface area contributed by atoms with Crippen molar-refractivity contribution < 1.29 is 18.3 Å². The van der Waals surface area contributed by atoms with Crippen molar-refractivity contribution in [3.63, 3.8) is 0 Å². The molecule has 0 radical (unpaired) electrons. The van der Waals surface area contributed by atoms with E-state index in [1.54, 1.807) is 12.1 Å². The summed E-state index contributed by atoms with van der Waals surface area (Å²) in [6.45, 7) is 0.653. The summed E-state index contributed by atoms with van der Waals surface area (Å²) < 4.78 is 33.3. The maximum Gasteiger partial charge on any atom is 0.301 e. The molecule has 1 aliphatic rings. The molecule has 0 saturated carbocycles. The lowest BCUT2D eigenvalue weighted by Gasteiger charge is -2.17. The number of ether oxygens (including phenoxy) is 1. The van der Waals surface area contributed by atoms with Crippen molar-refractivity contribution in [1.82, 2.24) is 4.72 Å². The van der Waals surface area contributed by atoms with Crippen LogP contribution in [0.1, 0.15) is 11.1 Å². The number of nitrogens with zero attached hydrogens (tertiary/aromatic N) is 1. The van der Waals surface area contributed by atoms with Crippen LogP contribution in [0.5, 0.6) is 17.2 Å². The number of aromatic hydroxyl groups is 1. The van der Waals surface area contributed by atoms with Crippen LogP contribution >= 0.6 is 0 Å². The average molecular weight is 410 g/mol. The number of hydrogen-bond acceptors (Lipinski definition) is 4. The first-order valence-electron chi connectivity index (χ1n) is 9.42. The zero-order valence-corrected chi connectivity index (χ0v) is 16.6. The molecular formula is C22H22N2O4S. The van der Waals surface area contributed by atoms with Gasteiger partial charge in [0.25, 0.3) is 0 Å². The Morgan fingerprint density at radius 1 is 0.897 bits per heavy atom. The van der Waals surface area contributed by atoms with E-state index in [4.69, 9.17) is 4.74 Å². The number of rotatable bonds is 6. The molecule has 29 heavy (non-hydrogen) atoms. The fourth-order valence-electron chi connectivity index (χ4n) is 3.30. The molecule has 0 amide bonds. The van der Waals surface area contributed by atoms with E-state index in [0.29, 0.717) is 18.8 Å². The van der Waals surface area contributed by atoms with Gasteiger partial charge in [-0.1, -0.05) is 36.4 Å². The Kier molecular flexibility index (Phi) is 5.42. The highest BCUT2D eigenvalue weighted by atomic mass is 32.2.